The molecule has 2 amide bonds. The molecular weight excluding hydrogens is 402 g/mol. The summed E-state index contributed by atoms with van der Waals surface area (Å²) in [6, 6.07) is 15.8. The van der Waals surface area contributed by atoms with Gasteiger partial charge < -0.3 is 10.2 Å². The smallest absolute Gasteiger partial charge is 0.242 e. The molecule has 0 spiro atoms. The van der Waals surface area contributed by atoms with Crippen LogP contribution in [0, 0.1) is 5.92 Å². The zero-order chi connectivity index (χ0) is 21.7. The van der Waals surface area contributed by atoms with Gasteiger partial charge in [0.25, 0.3) is 0 Å². The SMILES string of the molecule is CN(C)S(=O)(=O)c1cccc(NC(=O)C2CCCN(C(=O)Cc3ccccc3)C2)c1. The van der Waals surface area contributed by atoms with Crippen molar-refractivity contribution in [1.82, 2.24) is 9.21 Å². The fourth-order valence-electron chi connectivity index (χ4n) is 3.49. The van der Waals surface area contributed by atoms with Crippen LogP contribution in [0.4, 0.5) is 5.69 Å². The van der Waals surface area contributed by atoms with E-state index in [4.69, 9.17) is 0 Å². The third kappa shape index (κ3) is 5.25. The van der Waals surface area contributed by atoms with E-state index in [-0.39, 0.29) is 22.6 Å². The summed E-state index contributed by atoms with van der Waals surface area (Å²) >= 11 is 0. The second-order valence-electron chi connectivity index (χ2n) is 7.65. The Kier molecular flexibility index (Phi) is 6.89. The van der Waals surface area contributed by atoms with Gasteiger partial charge in [0.15, 0.2) is 0 Å². The molecule has 1 atom stereocenters. The van der Waals surface area contributed by atoms with Gasteiger partial charge in [0.2, 0.25) is 21.8 Å². The third-order valence-electron chi connectivity index (χ3n) is 5.22. The summed E-state index contributed by atoms with van der Waals surface area (Å²) in [6.07, 6.45) is 1.77. The van der Waals surface area contributed by atoms with Crippen molar-refractivity contribution in [3.8, 4) is 0 Å². The molecule has 0 aliphatic carbocycles. The molecule has 0 radical (unpaired) electrons. The average Bonchev–Trinajstić information content (AvgIpc) is 2.74. The normalized spacial score (nSPS) is 17.0. The number of carbonyl (C=O) groups excluding carboxylic acids is 2. The lowest BCUT2D eigenvalue weighted by molar-refractivity contribution is -0.133. The molecule has 1 N–H and O–H groups in total. The molecule has 2 aromatic rings. The molecule has 0 saturated carbocycles. The topological polar surface area (TPSA) is 86.8 Å². The molecular formula is C22H27N3O4S. The number of carbonyl (C=O) groups is 2. The number of rotatable bonds is 6. The van der Waals surface area contributed by atoms with Crippen LogP contribution in [0.5, 0.6) is 0 Å². The molecule has 1 unspecified atom stereocenters. The van der Waals surface area contributed by atoms with Crippen molar-refractivity contribution in [3.05, 3.63) is 60.2 Å². The first-order valence-corrected chi connectivity index (χ1v) is 11.4. The van der Waals surface area contributed by atoms with E-state index in [0.29, 0.717) is 31.6 Å². The Labute approximate surface area is 177 Å². The number of hydrogen-bond donors (Lipinski definition) is 1. The number of likely N-dealkylation sites (tertiary alicyclic amines) is 1. The minimum atomic E-state index is -3.58. The van der Waals surface area contributed by atoms with Gasteiger partial charge in [-0.1, -0.05) is 36.4 Å². The van der Waals surface area contributed by atoms with Crippen molar-refractivity contribution < 1.29 is 18.0 Å². The first-order chi connectivity index (χ1) is 14.3. The molecule has 1 aliphatic heterocycles. The van der Waals surface area contributed by atoms with E-state index in [1.54, 1.807) is 17.0 Å². The molecule has 30 heavy (non-hydrogen) atoms. The summed E-state index contributed by atoms with van der Waals surface area (Å²) in [6.45, 7) is 1.01. The van der Waals surface area contributed by atoms with Crippen molar-refractivity contribution in [2.24, 2.45) is 5.92 Å². The van der Waals surface area contributed by atoms with Crippen LogP contribution in [0.3, 0.4) is 0 Å². The van der Waals surface area contributed by atoms with Crippen LogP contribution in [0.25, 0.3) is 0 Å². The van der Waals surface area contributed by atoms with Gasteiger partial charge in [-0.05, 0) is 36.6 Å². The number of anilines is 1. The van der Waals surface area contributed by atoms with Gasteiger partial charge in [-0.3, -0.25) is 9.59 Å². The number of nitrogens with one attached hydrogen (secondary N) is 1. The third-order valence-corrected chi connectivity index (χ3v) is 7.03. The fourth-order valence-corrected chi connectivity index (χ4v) is 4.44. The van der Waals surface area contributed by atoms with Gasteiger partial charge in [0.1, 0.15) is 0 Å². The molecule has 3 rings (SSSR count). The maximum Gasteiger partial charge on any atom is 0.242 e. The van der Waals surface area contributed by atoms with Crippen molar-refractivity contribution >= 4 is 27.5 Å². The Morgan fingerprint density at radius 1 is 1.10 bits per heavy atom. The van der Waals surface area contributed by atoms with Crippen LogP contribution < -0.4 is 5.32 Å². The fraction of sp³-hybridized carbons (Fsp3) is 0.364. The summed E-state index contributed by atoms with van der Waals surface area (Å²) in [7, 11) is -0.657. The van der Waals surface area contributed by atoms with Crippen LogP contribution in [0.1, 0.15) is 18.4 Å². The van der Waals surface area contributed by atoms with Crippen LogP contribution >= 0.6 is 0 Å². The summed E-state index contributed by atoms with van der Waals surface area (Å²) < 4.78 is 25.7. The lowest BCUT2D eigenvalue weighted by Gasteiger charge is -2.32. The zero-order valence-corrected chi connectivity index (χ0v) is 18.1. The minimum absolute atomic E-state index is 0.0118. The van der Waals surface area contributed by atoms with Crippen LogP contribution in [-0.4, -0.2) is 56.6 Å². The summed E-state index contributed by atoms with van der Waals surface area (Å²) in [5.74, 6) is -0.517. The highest BCUT2D eigenvalue weighted by Crippen LogP contribution is 2.22. The Balaban J connectivity index is 1.64. The Hall–Kier alpha value is -2.71. The van der Waals surface area contributed by atoms with Crippen LogP contribution in [-0.2, 0) is 26.0 Å². The van der Waals surface area contributed by atoms with Gasteiger partial charge in [0.05, 0.1) is 17.2 Å². The van der Waals surface area contributed by atoms with Gasteiger partial charge in [-0.2, -0.15) is 0 Å². The second-order valence-corrected chi connectivity index (χ2v) is 9.80. The maximum atomic E-state index is 12.8. The number of piperidine rings is 1. The lowest BCUT2D eigenvalue weighted by Crippen LogP contribution is -2.44. The molecule has 8 heteroatoms. The van der Waals surface area contributed by atoms with E-state index in [2.05, 4.69) is 5.32 Å². The van der Waals surface area contributed by atoms with E-state index in [1.807, 2.05) is 30.3 Å². The first kappa shape index (κ1) is 22.0. The second kappa shape index (κ2) is 9.40. The Morgan fingerprint density at radius 3 is 2.53 bits per heavy atom. The predicted octanol–water partition coefficient (Wildman–Crippen LogP) is 2.36. The molecule has 0 bridgehead atoms. The zero-order valence-electron chi connectivity index (χ0n) is 17.2. The summed E-state index contributed by atoms with van der Waals surface area (Å²) in [4.78, 5) is 27.3. The largest absolute Gasteiger partial charge is 0.342 e. The highest BCUT2D eigenvalue weighted by atomic mass is 32.2. The van der Waals surface area contributed by atoms with E-state index < -0.39 is 10.0 Å². The molecule has 1 saturated heterocycles. The Morgan fingerprint density at radius 2 is 1.83 bits per heavy atom. The molecule has 160 valence electrons. The van der Waals surface area contributed by atoms with Gasteiger partial charge >= 0.3 is 0 Å². The van der Waals surface area contributed by atoms with Gasteiger partial charge in [0, 0.05) is 32.9 Å². The van der Waals surface area contributed by atoms with E-state index >= 15 is 0 Å². The molecule has 2 aromatic carbocycles. The molecule has 1 heterocycles. The van der Waals surface area contributed by atoms with E-state index in [9.17, 15) is 18.0 Å². The monoisotopic (exact) mass is 429 g/mol. The highest BCUT2D eigenvalue weighted by Gasteiger charge is 2.28. The Bertz CT molecular complexity index is 1010. The quantitative estimate of drug-likeness (QED) is 0.764. The molecule has 1 fully saturated rings. The maximum absolute atomic E-state index is 12.8. The van der Waals surface area contributed by atoms with Gasteiger partial charge in [-0.15, -0.1) is 0 Å². The molecule has 0 aromatic heterocycles. The van der Waals surface area contributed by atoms with Crippen molar-refractivity contribution in [3.63, 3.8) is 0 Å². The van der Waals surface area contributed by atoms with Crippen LogP contribution in [0.15, 0.2) is 59.5 Å². The summed E-state index contributed by atoms with van der Waals surface area (Å²) in [5.41, 5.74) is 1.38. The van der Waals surface area contributed by atoms with E-state index in [0.717, 1.165) is 16.3 Å². The number of sulfonamides is 1. The average molecular weight is 430 g/mol. The number of benzene rings is 2. The standard InChI is InChI=1S/C22H27N3O4S/c1-24(2)30(28,29)20-12-6-11-19(15-20)23-22(27)18-10-7-13-25(16-18)21(26)14-17-8-4-3-5-9-17/h3-6,8-9,11-12,15,18H,7,10,13-14,16H2,1-2H3,(H,23,27). The number of nitrogens with zero attached hydrogens (tertiary/aromatic N) is 2. The van der Waals surface area contributed by atoms with Gasteiger partial charge in [-0.25, -0.2) is 12.7 Å². The predicted molar refractivity (Wildman–Crippen MR) is 115 cm³/mol. The molecule has 7 nitrogen and oxygen atoms in total. The van der Waals surface area contributed by atoms with Crippen molar-refractivity contribution in [1.29, 1.82) is 0 Å². The van der Waals surface area contributed by atoms with E-state index in [1.165, 1.54) is 26.2 Å². The minimum Gasteiger partial charge on any atom is -0.342 e. The van der Waals surface area contributed by atoms with Crippen molar-refractivity contribution in [2.45, 2.75) is 24.2 Å². The first-order valence-electron chi connectivity index (χ1n) is 9.92. The highest BCUT2D eigenvalue weighted by molar-refractivity contribution is 7.89. The summed E-state index contributed by atoms with van der Waals surface area (Å²) in [5, 5.41) is 2.81. The lowest BCUT2D eigenvalue weighted by atomic mass is 9.96. The van der Waals surface area contributed by atoms with Crippen molar-refractivity contribution in [2.75, 3.05) is 32.5 Å². The number of amides is 2. The van der Waals surface area contributed by atoms with Crippen LogP contribution in [0.2, 0.25) is 0 Å². The molecule has 1 aliphatic rings. The number of hydrogen-bond acceptors (Lipinski definition) is 4.